The summed E-state index contributed by atoms with van der Waals surface area (Å²) in [6.07, 6.45) is 1.45. The van der Waals surface area contributed by atoms with Crippen LogP contribution in [0.3, 0.4) is 0 Å². The van der Waals surface area contributed by atoms with E-state index in [0.29, 0.717) is 35.1 Å². The van der Waals surface area contributed by atoms with Gasteiger partial charge in [0.2, 0.25) is 0 Å². The number of anilines is 2. The van der Waals surface area contributed by atoms with E-state index in [1.165, 1.54) is 29.6 Å². The number of nitrogens with one attached hydrogen (secondary N) is 1. The number of nitrogens with zero attached hydrogens (tertiary/aromatic N) is 1. The van der Waals surface area contributed by atoms with Crippen LogP contribution in [-0.2, 0) is 16.4 Å². The molecule has 0 spiro atoms. The predicted molar refractivity (Wildman–Crippen MR) is 127 cm³/mol. The lowest BCUT2D eigenvalue weighted by atomic mass is 10.0. The lowest BCUT2D eigenvalue weighted by Gasteiger charge is -2.31. The number of carbonyl (C=O) groups is 1. The van der Waals surface area contributed by atoms with E-state index in [0.717, 1.165) is 12.0 Å². The average Bonchev–Trinajstić information content (AvgIpc) is 2.78. The van der Waals surface area contributed by atoms with Crippen LogP contribution in [-0.4, -0.2) is 28.0 Å². The molecule has 1 aliphatic rings. The second-order valence-electron chi connectivity index (χ2n) is 7.28. The van der Waals surface area contributed by atoms with E-state index < -0.39 is 15.9 Å². The molecule has 4 rings (SSSR count). The summed E-state index contributed by atoms with van der Waals surface area (Å²) in [5, 5.41) is 3.45. The van der Waals surface area contributed by atoms with Crippen molar-refractivity contribution in [3.63, 3.8) is 0 Å². The number of fused-ring (bicyclic) bond motifs is 1. The second-order valence-corrected chi connectivity index (χ2v) is 9.98. The minimum atomic E-state index is -3.78. The molecule has 0 aliphatic carbocycles. The van der Waals surface area contributed by atoms with Gasteiger partial charge in [0.05, 0.1) is 28.3 Å². The molecule has 1 aliphatic heterocycles. The number of methoxy groups -OCH3 is 1. The maximum Gasteiger partial charge on any atom is 0.264 e. The number of ether oxygens (including phenoxy) is 1. The predicted octanol–water partition coefficient (Wildman–Crippen LogP) is 5.40. The van der Waals surface area contributed by atoms with E-state index in [2.05, 4.69) is 5.32 Å². The van der Waals surface area contributed by atoms with Gasteiger partial charge in [0.1, 0.15) is 5.75 Å². The van der Waals surface area contributed by atoms with Gasteiger partial charge in [0, 0.05) is 17.3 Å². The third-order valence-corrected chi connectivity index (χ3v) is 7.62. The van der Waals surface area contributed by atoms with Gasteiger partial charge >= 0.3 is 0 Å². The van der Waals surface area contributed by atoms with Crippen LogP contribution in [0.1, 0.15) is 22.3 Å². The highest BCUT2D eigenvalue weighted by Gasteiger charge is 2.29. The lowest BCUT2D eigenvalue weighted by Crippen LogP contribution is -2.35. The Morgan fingerprint density at radius 2 is 1.78 bits per heavy atom. The third-order valence-electron chi connectivity index (χ3n) is 5.24. The summed E-state index contributed by atoms with van der Waals surface area (Å²) >= 11 is 12.0. The number of hydrogen-bond acceptors (Lipinski definition) is 4. The molecule has 3 aromatic carbocycles. The highest BCUT2D eigenvalue weighted by molar-refractivity contribution is 7.92. The quantitative estimate of drug-likeness (QED) is 0.519. The van der Waals surface area contributed by atoms with Gasteiger partial charge in [0.15, 0.2) is 0 Å². The van der Waals surface area contributed by atoms with Crippen molar-refractivity contribution in [2.45, 2.75) is 17.7 Å². The summed E-state index contributed by atoms with van der Waals surface area (Å²) in [6, 6.07) is 16.2. The first-order chi connectivity index (χ1) is 15.3. The van der Waals surface area contributed by atoms with Gasteiger partial charge in [-0.1, -0.05) is 29.3 Å². The Kier molecular flexibility index (Phi) is 6.33. The van der Waals surface area contributed by atoms with Crippen LogP contribution in [0.15, 0.2) is 65.6 Å². The number of hydrogen-bond donors (Lipinski definition) is 1. The van der Waals surface area contributed by atoms with E-state index in [1.54, 1.807) is 36.4 Å². The zero-order chi connectivity index (χ0) is 22.9. The minimum Gasteiger partial charge on any atom is -0.497 e. The molecule has 0 aromatic heterocycles. The van der Waals surface area contributed by atoms with E-state index in [4.69, 9.17) is 27.9 Å². The van der Waals surface area contributed by atoms with Crippen molar-refractivity contribution in [2.24, 2.45) is 0 Å². The van der Waals surface area contributed by atoms with Crippen molar-refractivity contribution in [1.82, 2.24) is 0 Å². The van der Waals surface area contributed by atoms with Gasteiger partial charge < -0.3 is 10.1 Å². The van der Waals surface area contributed by atoms with Gasteiger partial charge in [-0.3, -0.25) is 9.10 Å². The van der Waals surface area contributed by atoms with Crippen molar-refractivity contribution in [2.75, 3.05) is 23.3 Å². The van der Waals surface area contributed by atoms with Crippen LogP contribution in [0, 0.1) is 0 Å². The molecule has 1 heterocycles. The number of aryl methyl sites for hydroxylation is 1. The number of carbonyl (C=O) groups excluding carboxylic acids is 1. The van der Waals surface area contributed by atoms with Gasteiger partial charge in [0.25, 0.3) is 15.9 Å². The molecular weight excluding hydrogens is 471 g/mol. The Hall–Kier alpha value is -2.74. The summed E-state index contributed by atoms with van der Waals surface area (Å²) in [6.45, 7) is 0.349. The Balaban J connectivity index is 1.65. The number of amides is 1. The number of rotatable bonds is 5. The smallest absolute Gasteiger partial charge is 0.264 e. The molecule has 0 unspecified atom stereocenters. The molecule has 0 fully saturated rings. The topological polar surface area (TPSA) is 75.7 Å². The van der Waals surface area contributed by atoms with Crippen LogP contribution >= 0.6 is 23.2 Å². The molecule has 0 atom stereocenters. The third kappa shape index (κ3) is 4.41. The van der Waals surface area contributed by atoms with Crippen LogP contribution in [0.5, 0.6) is 5.75 Å². The molecule has 6 nitrogen and oxygen atoms in total. The van der Waals surface area contributed by atoms with E-state index >= 15 is 0 Å². The first kappa shape index (κ1) is 22.5. The van der Waals surface area contributed by atoms with Gasteiger partial charge in [-0.15, -0.1) is 0 Å². The standard InChI is InChI=1S/C23H20Cl2N2O4S/c1-31-18-7-9-19(10-8-18)32(29,30)27-12-2-3-15-4-6-17(14-22(15)27)26-23(28)20-11-5-16(24)13-21(20)25/h4-11,13-14H,2-3,12H2,1H3,(H,26,28). The van der Waals surface area contributed by atoms with Crippen LogP contribution < -0.4 is 14.4 Å². The van der Waals surface area contributed by atoms with Crippen LogP contribution in [0.2, 0.25) is 10.0 Å². The van der Waals surface area contributed by atoms with Crippen molar-refractivity contribution in [1.29, 1.82) is 0 Å². The molecule has 0 saturated carbocycles. The monoisotopic (exact) mass is 490 g/mol. The maximum atomic E-state index is 13.3. The summed E-state index contributed by atoms with van der Waals surface area (Å²) in [7, 11) is -2.25. The Bertz CT molecular complexity index is 1280. The van der Waals surface area contributed by atoms with Gasteiger partial charge in [-0.05, 0) is 73.0 Å². The average molecular weight is 491 g/mol. The van der Waals surface area contributed by atoms with E-state index in [9.17, 15) is 13.2 Å². The maximum absolute atomic E-state index is 13.3. The lowest BCUT2D eigenvalue weighted by molar-refractivity contribution is 0.102. The molecule has 32 heavy (non-hydrogen) atoms. The largest absolute Gasteiger partial charge is 0.497 e. The van der Waals surface area contributed by atoms with Gasteiger partial charge in [-0.2, -0.15) is 0 Å². The SMILES string of the molecule is COc1ccc(S(=O)(=O)N2CCCc3ccc(NC(=O)c4ccc(Cl)cc4Cl)cc32)cc1. The molecule has 166 valence electrons. The number of benzene rings is 3. The molecule has 0 bridgehead atoms. The van der Waals surface area contributed by atoms with Gasteiger partial charge in [-0.25, -0.2) is 8.42 Å². The first-order valence-electron chi connectivity index (χ1n) is 9.86. The Morgan fingerprint density at radius 3 is 2.47 bits per heavy atom. The van der Waals surface area contributed by atoms with E-state index in [-0.39, 0.29) is 15.5 Å². The normalized spacial score (nSPS) is 13.4. The minimum absolute atomic E-state index is 0.175. The van der Waals surface area contributed by atoms with Crippen molar-refractivity contribution in [3.05, 3.63) is 81.8 Å². The van der Waals surface area contributed by atoms with Crippen molar-refractivity contribution >= 4 is 50.5 Å². The fraction of sp³-hybridized carbons (Fsp3) is 0.174. The van der Waals surface area contributed by atoms with Crippen molar-refractivity contribution < 1.29 is 17.9 Å². The second kappa shape index (κ2) is 9.02. The highest BCUT2D eigenvalue weighted by atomic mass is 35.5. The fourth-order valence-electron chi connectivity index (χ4n) is 3.62. The number of halogens is 2. The molecule has 3 aromatic rings. The molecule has 0 saturated heterocycles. The first-order valence-corrected chi connectivity index (χ1v) is 12.1. The van der Waals surface area contributed by atoms with E-state index in [1.807, 2.05) is 6.07 Å². The van der Waals surface area contributed by atoms with Crippen LogP contribution in [0.25, 0.3) is 0 Å². The molecular formula is C23H20Cl2N2O4S. The van der Waals surface area contributed by atoms with Crippen LogP contribution in [0.4, 0.5) is 11.4 Å². The zero-order valence-electron chi connectivity index (χ0n) is 17.1. The summed E-state index contributed by atoms with van der Waals surface area (Å²) in [5.74, 6) is 0.167. The zero-order valence-corrected chi connectivity index (χ0v) is 19.5. The molecule has 9 heteroatoms. The molecule has 1 amide bonds. The Labute approximate surface area is 196 Å². The Morgan fingerprint density at radius 1 is 1.03 bits per heavy atom. The molecule has 0 radical (unpaired) electrons. The summed E-state index contributed by atoms with van der Waals surface area (Å²) in [4.78, 5) is 12.9. The fourth-order valence-corrected chi connectivity index (χ4v) is 5.64. The number of sulfonamides is 1. The molecule has 1 N–H and O–H groups in total. The summed E-state index contributed by atoms with van der Waals surface area (Å²) < 4.78 is 33.2. The summed E-state index contributed by atoms with van der Waals surface area (Å²) in [5.41, 5.74) is 2.19. The highest BCUT2D eigenvalue weighted by Crippen LogP contribution is 2.35. The van der Waals surface area contributed by atoms with Crippen molar-refractivity contribution in [3.8, 4) is 5.75 Å².